The van der Waals surface area contributed by atoms with Gasteiger partial charge in [-0.3, -0.25) is 0 Å². The summed E-state index contributed by atoms with van der Waals surface area (Å²) in [4.78, 5) is 1.56. The lowest BCUT2D eigenvalue weighted by Crippen LogP contribution is -3.12. The summed E-state index contributed by atoms with van der Waals surface area (Å²) >= 11 is 0. The second kappa shape index (κ2) is 6.99. The standard InChI is InChI=1S/C20H21N3O/c1-3-7-17(8-4-1)20-18(15-22-11-13-24-14-12-22)16-23(21-20)19-9-5-2-6-10-19/h1-10,16H,11-15H2/p+1. The molecule has 0 spiro atoms. The fraction of sp³-hybridized carbons (Fsp3) is 0.250. The number of hydrogen-bond donors (Lipinski definition) is 1. The van der Waals surface area contributed by atoms with E-state index in [-0.39, 0.29) is 0 Å². The van der Waals surface area contributed by atoms with Gasteiger partial charge in [-0.05, 0) is 12.1 Å². The number of hydrogen-bond acceptors (Lipinski definition) is 2. The number of ether oxygens (including phenoxy) is 1. The van der Waals surface area contributed by atoms with E-state index in [9.17, 15) is 0 Å². The summed E-state index contributed by atoms with van der Waals surface area (Å²) in [6.07, 6.45) is 2.18. The maximum absolute atomic E-state index is 5.49. The predicted octanol–water partition coefficient (Wildman–Crippen LogP) is 1.95. The Labute approximate surface area is 142 Å². The normalized spacial score (nSPS) is 15.5. The summed E-state index contributed by atoms with van der Waals surface area (Å²) in [6.45, 7) is 4.81. The molecule has 1 fully saturated rings. The Bertz CT molecular complexity index is 777. The first-order valence-corrected chi connectivity index (χ1v) is 8.51. The minimum absolute atomic E-state index is 0.850. The van der Waals surface area contributed by atoms with E-state index in [0.29, 0.717) is 0 Å². The van der Waals surface area contributed by atoms with Crippen molar-refractivity contribution >= 4 is 0 Å². The van der Waals surface area contributed by atoms with E-state index in [4.69, 9.17) is 9.84 Å². The zero-order valence-corrected chi connectivity index (χ0v) is 13.7. The molecule has 1 aliphatic rings. The van der Waals surface area contributed by atoms with Gasteiger partial charge in [-0.25, -0.2) is 4.68 Å². The van der Waals surface area contributed by atoms with Gasteiger partial charge in [0.25, 0.3) is 0 Å². The molecule has 4 nitrogen and oxygen atoms in total. The first-order chi connectivity index (χ1) is 11.9. The number of aromatic nitrogens is 2. The van der Waals surface area contributed by atoms with E-state index in [0.717, 1.165) is 44.2 Å². The Morgan fingerprint density at radius 2 is 1.58 bits per heavy atom. The maximum Gasteiger partial charge on any atom is 0.107 e. The van der Waals surface area contributed by atoms with Crippen LogP contribution in [0.1, 0.15) is 5.56 Å². The third-order valence-corrected chi connectivity index (χ3v) is 4.50. The van der Waals surface area contributed by atoms with Crippen LogP contribution in [0.25, 0.3) is 16.9 Å². The van der Waals surface area contributed by atoms with Crippen LogP contribution in [-0.2, 0) is 11.3 Å². The Morgan fingerprint density at radius 1 is 0.917 bits per heavy atom. The fourth-order valence-electron chi connectivity index (χ4n) is 3.20. The molecule has 2 aromatic carbocycles. The van der Waals surface area contributed by atoms with E-state index in [1.807, 2.05) is 28.9 Å². The molecule has 4 rings (SSSR count). The topological polar surface area (TPSA) is 31.5 Å². The minimum atomic E-state index is 0.850. The smallest absolute Gasteiger partial charge is 0.107 e. The lowest BCUT2D eigenvalue weighted by Gasteiger charge is -2.23. The number of quaternary nitrogens is 1. The highest BCUT2D eigenvalue weighted by molar-refractivity contribution is 5.63. The summed E-state index contributed by atoms with van der Waals surface area (Å²) in [7, 11) is 0. The van der Waals surface area contributed by atoms with Gasteiger partial charge in [0.15, 0.2) is 0 Å². The Balaban J connectivity index is 1.71. The molecule has 0 bridgehead atoms. The molecule has 0 amide bonds. The molecule has 1 aliphatic heterocycles. The van der Waals surface area contributed by atoms with Gasteiger partial charge < -0.3 is 9.64 Å². The van der Waals surface area contributed by atoms with Crippen LogP contribution >= 0.6 is 0 Å². The van der Waals surface area contributed by atoms with Crippen molar-refractivity contribution in [3.8, 4) is 16.9 Å². The molecule has 0 radical (unpaired) electrons. The SMILES string of the molecule is c1ccc(-c2nn(-c3ccccc3)cc2C[NH+]2CCOCC2)cc1. The van der Waals surface area contributed by atoms with Crippen LogP contribution in [0.2, 0.25) is 0 Å². The first-order valence-electron chi connectivity index (χ1n) is 8.51. The van der Waals surface area contributed by atoms with Crippen molar-refractivity contribution in [3.05, 3.63) is 72.4 Å². The number of nitrogens with one attached hydrogen (secondary N) is 1. The summed E-state index contributed by atoms with van der Waals surface area (Å²) in [5, 5.41) is 4.89. The number of morpholine rings is 1. The quantitative estimate of drug-likeness (QED) is 0.797. The predicted molar refractivity (Wildman–Crippen MR) is 94.2 cm³/mol. The molecule has 2 heterocycles. The van der Waals surface area contributed by atoms with Crippen LogP contribution in [0.15, 0.2) is 66.9 Å². The fourth-order valence-corrected chi connectivity index (χ4v) is 3.20. The van der Waals surface area contributed by atoms with Gasteiger partial charge in [-0.2, -0.15) is 5.10 Å². The lowest BCUT2D eigenvalue weighted by molar-refractivity contribution is -0.921. The van der Waals surface area contributed by atoms with Crippen LogP contribution < -0.4 is 4.90 Å². The highest BCUT2D eigenvalue weighted by Crippen LogP contribution is 2.23. The number of nitrogens with zero attached hydrogens (tertiary/aromatic N) is 2. The van der Waals surface area contributed by atoms with Gasteiger partial charge in [0.2, 0.25) is 0 Å². The summed E-state index contributed by atoms with van der Waals surface area (Å²) in [5.41, 5.74) is 4.65. The van der Waals surface area contributed by atoms with E-state index in [2.05, 4.69) is 42.6 Å². The molecule has 122 valence electrons. The molecule has 24 heavy (non-hydrogen) atoms. The van der Waals surface area contributed by atoms with Crippen molar-refractivity contribution in [1.29, 1.82) is 0 Å². The summed E-state index contributed by atoms with van der Waals surface area (Å²) in [6, 6.07) is 20.8. The van der Waals surface area contributed by atoms with Gasteiger partial charge in [-0.15, -0.1) is 0 Å². The lowest BCUT2D eigenvalue weighted by atomic mass is 10.1. The van der Waals surface area contributed by atoms with Crippen LogP contribution in [0.3, 0.4) is 0 Å². The zero-order valence-electron chi connectivity index (χ0n) is 13.7. The third-order valence-electron chi connectivity index (χ3n) is 4.50. The van der Waals surface area contributed by atoms with Crippen LogP contribution in [0, 0.1) is 0 Å². The average molecular weight is 320 g/mol. The van der Waals surface area contributed by atoms with Crippen molar-refractivity contribution in [2.24, 2.45) is 0 Å². The number of rotatable bonds is 4. The molecule has 0 saturated carbocycles. The van der Waals surface area contributed by atoms with E-state index >= 15 is 0 Å². The largest absolute Gasteiger partial charge is 0.370 e. The van der Waals surface area contributed by atoms with Gasteiger partial charge in [0.05, 0.1) is 24.5 Å². The van der Waals surface area contributed by atoms with Crippen LogP contribution in [0.4, 0.5) is 0 Å². The minimum Gasteiger partial charge on any atom is -0.370 e. The van der Waals surface area contributed by atoms with Crippen molar-refractivity contribution in [3.63, 3.8) is 0 Å². The first kappa shape index (κ1) is 15.1. The molecule has 1 N–H and O–H groups in total. The molecular weight excluding hydrogens is 298 g/mol. The maximum atomic E-state index is 5.49. The Kier molecular flexibility index (Phi) is 4.40. The monoisotopic (exact) mass is 320 g/mol. The van der Waals surface area contributed by atoms with Crippen molar-refractivity contribution < 1.29 is 9.64 Å². The van der Waals surface area contributed by atoms with Gasteiger partial charge in [0.1, 0.15) is 25.3 Å². The van der Waals surface area contributed by atoms with Crippen molar-refractivity contribution in [2.45, 2.75) is 6.54 Å². The molecular formula is C20H22N3O+. The third kappa shape index (κ3) is 3.25. The molecule has 3 aromatic rings. The molecule has 0 unspecified atom stereocenters. The molecule has 0 atom stereocenters. The van der Waals surface area contributed by atoms with Gasteiger partial charge in [0, 0.05) is 11.8 Å². The zero-order chi connectivity index (χ0) is 16.2. The number of para-hydroxylation sites is 1. The summed E-state index contributed by atoms with van der Waals surface area (Å²) < 4.78 is 7.48. The Morgan fingerprint density at radius 3 is 2.29 bits per heavy atom. The summed E-state index contributed by atoms with van der Waals surface area (Å²) in [5.74, 6) is 0. The van der Waals surface area contributed by atoms with Crippen LogP contribution in [-0.4, -0.2) is 36.1 Å². The van der Waals surface area contributed by atoms with Crippen molar-refractivity contribution in [2.75, 3.05) is 26.3 Å². The molecule has 0 aliphatic carbocycles. The Hall–Kier alpha value is -2.43. The van der Waals surface area contributed by atoms with E-state index in [1.165, 1.54) is 11.1 Å². The van der Waals surface area contributed by atoms with Crippen LogP contribution in [0.5, 0.6) is 0 Å². The average Bonchev–Trinajstić information content (AvgIpc) is 3.08. The number of benzene rings is 2. The van der Waals surface area contributed by atoms with E-state index in [1.54, 1.807) is 4.90 Å². The molecule has 4 heteroatoms. The second-order valence-corrected chi connectivity index (χ2v) is 6.19. The second-order valence-electron chi connectivity index (χ2n) is 6.19. The van der Waals surface area contributed by atoms with Gasteiger partial charge >= 0.3 is 0 Å². The molecule has 1 aromatic heterocycles. The van der Waals surface area contributed by atoms with E-state index < -0.39 is 0 Å². The van der Waals surface area contributed by atoms with Gasteiger partial charge in [-0.1, -0.05) is 48.5 Å². The van der Waals surface area contributed by atoms with Crippen molar-refractivity contribution in [1.82, 2.24) is 9.78 Å². The highest BCUT2D eigenvalue weighted by Gasteiger charge is 2.19. The molecule has 1 saturated heterocycles. The highest BCUT2D eigenvalue weighted by atomic mass is 16.5.